The van der Waals surface area contributed by atoms with Gasteiger partial charge in [0.25, 0.3) is 5.56 Å². The summed E-state index contributed by atoms with van der Waals surface area (Å²) in [5.74, 6) is 0.116. The summed E-state index contributed by atoms with van der Waals surface area (Å²) in [6, 6.07) is 17.8. The van der Waals surface area contributed by atoms with Gasteiger partial charge < -0.3 is 9.47 Å². The number of fused-ring (bicyclic) bond motifs is 1. The summed E-state index contributed by atoms with van der Waals surface area (Å²) in [4.78, 5) is 26.7. The van der Waals surface area contributed by atoms with E-state index in [1.54, 1.807) is 42.9 Å². The Morgan fingerprint density at radius 1 is 1.10 bits per heavy atom. The maximum atomic E-state index is 12.9. The van der Waals surface area contributed by atoms with Crippen molar-refractivity contribution in [3.63, 3.8) is 0 Å². The molecule has 0 atom stereocenters. The second-order valence-corrected chi connectivity index (χ2v) is 7.87. The van der Waals surface area contributed by atoms with E-state index in [1.165, 1.54) is 17.4 Å². The maximum absolute atomic E-state index is 12.9. The lowest BCUT2D eigenvalue weighted by Crippen LogP contribution is -2.16. The number of carbonyl (C=O) groups excluding carboxylic acids is 1. The van der Waals surface area contributed by atoms with Crippen LogP contribution in [0.5, 0.6) is 5.75 Å². The van der Waals surface area contributed by atoms with Gasteiger partial charge in [0.2, 0.25) is 0 Å². The number of hydrogen-bond acceptors (Lipinski definition) is 5. The Balaban J connectivity index is 2.12. The molecule has 7 heteroatoms. The van der Waals surface area contributed by atoms with Crippen LogP contribution in [0.1, 0.15) is 16.6 Å². The summed E-state index contributed by atoms with van der Waals surface area (Å²) >= 11 is 7.48. The van der Waals surface area contributed by atoms with Crippen LogP contribution >= 0.6 is 22.9 Å². The van der Waals surface area contributed by atoms with E-state index in [4.69, 9.17) is 21.1 Å². The molecule has 0 aliphatic heterocycles. The summed E-state index contributed by atoms with van der Waals surface area (Å²) in [6.07, 6.45) is 0. The lowest BCUT2D eigenvalue weighted by Gasteiger charge is -2.11. The average molecular weight is 440 g/mol. The summed E-state index contributed by atoms with van der Waals surface area (Å²) in [6.45, 7) is 2.00. The highest BCUT2D eigenvalue weighted by Crippen LogP contribution is 2.43. The number of ether oxygens (including phenoxy) is 2. The minimum atomic E-state index is -0.456. The van der Waals surface area contributed by atoms with Crippen LogP contribution in [0.3, 0.4) is 0 Å². The zero-order valence-electron chi connectivity index (χ0n) is 16.3. The lowest BCUT2D eigenvalue weighted by molar-refractivity contribution is 0.0533. The van der Waals surface area contributed by atoms with Gasteiger partial charge in [0.05, 0.1) is 19.4 Å². The monoisotopic (exact) mass is 439 g/mol. The van der Waals surface area contributed by atoms with Crippen LogP contribution in [0.4, 0.5) is 0 Å². The highest BCUT2D eigenvalue weighted by molar-refractivity contribution is 7.21. The van der Waals surface area contributed by atoms with Gasteiger partial charge in [-0.1, -0.05) is 29.8 Å². The van der Waals surface area contributed by atoms with E-state index in [-0.39, 0.29) is 12.2 Å². The van der Waals surface area contributed by atoms with E-state index < -0.39 is 5.97 Å². The van der Waals surface area contributed by atoms with Crippen molar-refractivity contribution in [3.8, 4) is 22.6 Å². The third kappa shape index (κ3) is 3.49. The molecule has 30 heavy (non-hydrogen) atoms. The van der Waals surface area contributed by atoms with Gasteiger partial charge in [0.1, 0.15) is 15.5 Å². The molecule has 2 aromatic carbocycles. The maximum Gasteiger partial charge on any atom is 0.349 e. The van der Waals surface area contributed by atoms with Gasteiger partial charge in [0.15, 0.2) is 0 Å². The van der Waals surface area contributed by atoms with Crippen LogP contribution < -0.4 is 10.3 Å². The molecule has 5 nitrogen and oxygen atoms in total. The average Bonchev–Trinajstić information content (AvgIpc) is 3.13. The third-order valence-corrected chi connectivity index (χ3v) is 6.05. The Morgan fingerprint density at radius 3 is 2.57 bits per heavy atom. The molecule has 4 aromatic rings. The molecular formula is C23H18ClNO4S. The number of para-hydroxylation sites is 1. The Bertz CT molecular complexity index is 1290. The molecule has 0 bridgehead atoms. The van der Waals surface area contributed by atoms with Crippen LogP contribution in [-0.2, 0) is 4.74 Å². The molecule has 0 aliphatic carbocycles. The molecular weight excluding hydrogens is 422 g/mol. The van der Waals surface area contributed by atoms with Gasteiger partial charge in [-0.2, -0.15) is 0 Å². The van der Waals surface area contributed by atoms with E-state index >= 15 is 0 Å². The fourth-order valence-electron chi connectivity index (χ4n) is 3.39. The first-order chi connectivity index (χ1) is 14.5. The number of rotatable bonds is 5. The number of halogens is 1. The Kier molecular flexibility index (Phi) is 5.61. The molecule has 0 fully saturated rings. The van der Waals surface area contributed by atoms with Crippen molar-refractivity contribution in [1.29, 1.82) is 0 Å². The second-order valence-electron chi connectivity index (χ2n) is 6.43. The number of pyridine rings is 1. The molecule has 2 aromatic heterocycles. The number of thiophene rings is 1. The third-order valence-electron chi connectivity index (χ3n) is 4.65. The quantitative estimate of drug-likeness (QED) is 0.382. The first kappa shape index (κ1) is 20.2. The summed E-state index contributed by atoms with van der Waals surface area (Å²) in [5, 5.41) is 1.25. The van der Waals surface area contributed by atoms with E-state index in [0.29, 0.717) is 31.6 Å². The Hall–Kier alpha value is -3.09. The topological polar surface area (TPSA) is 57.5 Å². The second kappa shape index (κ2) is 8.34. The van der Waals surface area contributed by atoms with E-state index in [0.717, 1.165) is 11.1 Å². The molecule has 0 saturated carbocycles. The first-order valence-corrected chi connectivity index (χ1v) is 10.5. The highest BCUT2D eigenvalue weighted by Gasteiger charge is 2.25. The SMILES string of the molecule is CCOC(=O)c1sc2c(ccc(=O)n2-c2ccccc2)c1-c1cc(Cl)ccc1OC. The highest BCUT2D eigenvalue weighted by atomic mass is 35.5. The van der Waals surface area contributed by atoms with Crippen molar-refractivity contribution < 1.29 is 14.3 Å². The standard InChI is InChI=1S/C23H18ClNO4S/c1-3-29-23(27)21-20(17-13-14(24)9-11-18(17)28-2)16-10-12-19(26)25(22(16)30-21)15-7-5-4-6-8-15/h4-13H,3H2,1-2H3. The molecule has 152 valence electrons. The van der Waals surface area contributed by atoms with Crippen LogP contribution in [0.15, 0.2) is 65.5 Å². The van der Waals surface area contributed by atoms with Gasteiger partial charge in [-0.05, 0) is 43.3 Å². The zero-order chi connectivity index (χ0) is 21.3. The number of hydrogen-bond donors (Lipinski definition) is 0. The largest absolute Gasteiger partial charge is 0.496 e. The minimum absolute atomic E-state index is 0.185. The molecule has 0 amide bonds. The predicted octanol–water partition coefficient (Wildman–Crippen LogP) is 5.56. The lowest BCUT2D eigenvalue weighted by atomic mass is 10.0. The summed E-state index contributed by atoms with van der Waals surface area (Å²) in [5.41, 5.74) is 1.83. The molecule has 0 aliphatic rings. The Labute approximate surface area is 182 Å². The molecule has 0 N–H and O–H groups in total. The number of nitrogens with zero attached hydrogens (tertiary/aromatic N) is 1. The van der Waals surface area contributed by atoms with E-state index in [2.05, 4.69) is 0 Å². The van der Waals surface area contributed by atoms with Crippen LogP contribution in [0.25, 0.3) is 27.0 Å². The first-order valence-electron chi connectivity index (χ1n) is 9.30. The van der Waals surface area contributed by atoms with E-state index in [9.17, 15) is 9.59 Å². The van der Waals surface area contributed by atoms with Crippen molar-refractivity contribution in [2.24, 2.45) is 0 Å². The normalized spacial score (nSPS) is 10.9. The van der Waals surface area contributed by atoms with Crippen LogP contribution in [-0.4, -0.2) is 24.3 Å². The zero-order valence-corrected chi connectivity index (χ0v) is 17.9. The smallest absolute Gasteiger partial charge is 0.349 e. The van der Waals surface area contributed by atoms with Gasteiger partial charge in [-0.25, -0.2) is 4.79 Å². The molecule has 2 heterocycles. The predicted molar refractivity (Wildman–Crippen MR) is 120 cm³/mol. The van der Waals surface area contributed by atoms with Crippen molar-refractivity contribution in [2.45, 2.75) is 6.92 Å². The summed E-state index contributed by atoms with van der Waals surface area (Å²) < 4.78 is 12.4. The van der Waals surface area contributed by atoms with Crippen molar-refractivity contribution in [3.05, 3.63) is 80.9 Å². The molecule has 0 radical (unpaired) electrons. The van der Waals surface area contributed by atoms with Gasteiger partial charge in [0, 0.05) is 27.6 Å². The number of methoxy groups -OCH3 is 1. The minimum Gasteiger partial charge on any atom is -0.496 e. The fraction of sp³-hybridized carbons (Fsp3) is 0.130. The Morgan fingerprint density at radius 2 is 1.87 bits per heavy atom. The van der Waals surface area contributed by atoms with Crippen LogP contribution in [0.2, 0.25) is 5.02 Å². The van der Waals surface area contributed by atoms with E-state index in [1.807, 2.05) is 30.3 Å². The van der Waals surface area contributed by atoms with Crippen LogP contribution in [0, 0.1) is 0 Å². The number of esters is 1. The van der Waals surface area contributed by atoms with Crippen molar-refractivity contribution in [2.75, 3.05) is 13.7 Å². The molecule has 4 rings (SSSR count). The molecule has 0 spiro atoms. The number of benzene rings is 2. The number of carbonyl (C=O) groups is 1. The number of aromatic nitrogens is 1. The van der Waals surface area contributed by atoms with Gasteiger partial charge in [-0.15, -0.1) is 11.3 Å². The molecule has 0 unspecified atom stereocenters. The fourth-order valence-corrected chi connectivity index (χ4v) is 4.78. The van der Waals surface area contributed by atoms with Gasteiger partial charge >= 0.3 is 5.97 Å². The van der Waals surface area contributed by atoms with Gasteiger partial charge in [-0.3, -0.25) is 9.36 Å². The van der Waals surface area contributed by atoms with Crippen molar-refractivity contribution in [1.82, 2.24) is 4.57 Å². The molecule has 0 saturated heterocycles. The van der Waals surface area contributed by atoms with Crippen molar-refractivity contribution >= 4 is 39.1 Å². The summed E-state index contributed by atoms with van der Waals surface area (Å²) in [7, 11) is 1.56.